The van der Waals surface area contributed by atoms with Gasteiger partial charge in [0.1, 0.15) is 5.82 Å². The average molecular weight is 475 g/mol. The van der Waals surface area contributed by atoms with E-state index in [-0.39, 0.29) is 29.1 Å². The third-order valence-corrected chi connectivity index (χ3v) is 12.0. The molecule has 3 nitrogen and oxygen atoms in total. The summed E-state index contributed by atoms with van der Waals surface area (Å²) >= 11 is 3.56. The van der Waals surface area contributed by atoms with Crippen LogP contribution in [0.1, 0.15) is 65.9 Å². The summed E-state index contributed by atoms with van der Waals surface area (Å²) in [5.41, 5.74) is -0.179. The quantitative estimate of drug-likeness (QED) is 0.469. The van der Waals surface area contributed by atoms with Gasteiger partial charge in [0.15, 0.2) is 8.32 Å². The van der Waals surface area contributed by atoms with Crippen LogP contribution in [0, 0.1) is 5.82 Å². The fraction of sp³-hybridized carbons (Fsp3) is 0.727. The van der Waals surface area contributed by atoms with Gasteiger partial charge in [-0.3, -0.25) is 0 Å². The highest BCUT2D eigenvalue weighted by Crippen LogP contribution is 2.46. The second kappa shape index (κ2) is 8.46. The standard InChI is InChI=1S/C22H37BrFNO2Si/c1-20(2,3)28(6,7)27-21(4,5)18-12-14-22(25-18,13-9-15-26)19-16(23)10-8-11-17(19)24/h8,10-11,18,25-26H,9,12-15H2,1-7H3/t18-,22+/m1/s1. The second-order valence-corrected chi connectivity index (χ2v) is 15.8. The molecular formula is C22H37BrFNO2Si. The van der Waals surface area contributed by atoms with Crippen molar-refractivity contribution in [1.82, 2.24) is 5.32 Å². The van der Waals surface area contributed by atoms with Gasteiger partial charge in [-0.2, -0.15) is 0 Å². The normalized spacial score (nSPS) is 24.0. The van der Waals surface area contributed by atoms with Crippen LogP contribution in [0.3, 0.4) is 0 Å². The summed E-state index contributed by atoms with van der Waals surface area (Å²) in [6, 6.07) is 5.25. The fourth-order valence-corrected chi connectivity index (χ4v) is 6.61. The molecule has 2 N–H and O–H groups in total. The largest absolute Gasteiger partial charge is 0.410 e. The summed E-state index contributed by atoms with van der Waals surface area (Å²) in [6.45, 7) is 15.7. The third-order valence-electron chi connectivity index (χ3n) is 6.68. The molecule has 0 saturated carbocycles. The molecule has 0 spiro atoms. The van der Waals surface area contributed by atoms with E-state index in [0.29, 0.717) is 18.4 Å². The second-order valence-electron chi connectivity index (χ2n) is 10.2. The van der Waals surface area contributed by atoms with E-state index < -0.39 is 13.9 Å². The van der Waals surface area contributed by atoms with Crippen LogP contribution in [-0.4, -0.2) is 31.7 Å². The van der Waals surface area contributed by atoms with Gasteiger partial charge in [-0.15, -0.1) is 0 Å². The highest BCUT2D eigenvalue weighted by atomic mass is 79.9. The molecule has 0 aromatic heterocycles. The lowest BCUT2D eigenvalue weighted by Crippen LogP contribution is -2.56. The van der Waals surface area contributed by atoms with Crippen LogP contribution in [0.15, 0.2) is 22.7 Å². The number of aliphatic hydroxyl groups is 1. The Bertz CT molecular complexity index is 669. The monoisotopic (exact) mass is 473 g/mol. The Kier molecular flexibility index (Phi) is 7.25. The minimum atomic E-state index is -1.94. The summed E-state index contributed by atoms with van der Waals surface area (Å²) in [7, 11) is -1.94. The Hall–Kier alpha value is -0.273. The average Bonchev–Trinajstić information content (AvgIpc) is 2.97. The maximum absolute atomic E-state index is 14.9. The van der Waals surface area contributed by atoms with Crippen molar-refractivity contribution in [1.29, 1.82) is 0 Å². The van der Waals surface area contributed by atoms with E-state index in [1.165, 1.54) is 6.07 Å². The number of halogens is 2. The Morgan fingerprint density at radius 3 is 2.46 bits per heavy atom. The number of hydrogen-bond donors (Lipinski definition) is 2. The van der Waals surface area contributed by atoms with Gasteiger partial charge in [-0.1, -0.05) is 42.8 Å². The van der Waals surface area contributed by atoms with E-state index in [1.54, 1.807) is 6.07 Å². The summed E-state index contributed by atoms with van der Waals surface area (Å²) in [5, 5.41) is 13.3. The van der Waals surface area contributed by atoms with Crippen LogP contribution in [0.4, 0.5) is 4.39 Å². The number of nitrogens with one attached hydrogen (secondary N) is 1. The van der Waals surface area contributed by atoms with Crippen molar-refractivity contribution in [2.24, 2.45) is 0 Å². The van der Waals surface area contributed by atoms with Gasteiger partial charge in [0, 0.05) is 28.2 Å². The van der Waals surface area contributed by atoms with Crippen LogP contribution in [-0.2, 0) is 9.96 Å². The molecule has 2 atom stereocenters. The van der Waals surface area contributed by atoms with Crippen LogP contribution in [0.25, 0.3) is 0 Å². The van der Waals surface area contributed by atoms with Crippen LogP contribution >= 0.6 is 15.9 Å². The van der Waals surface area contributed by atoms with E-state index in [2.05, 4.69) is 69.0 Å². The minimum absolute atomic E-state index is 0.101. The zero-order chi connectivity index (χ0) is 21.4. The van der Waals surface area contributed by atoms with Crippen LogP contribution in [0.2, 0.25) is 18.1 Å². The Balaban J connectivity index is 2.34. The van der Waals surface area contributed by atoms with E-state index in [4.69, 9.17) is 4.43 Å². The Morgan fingerprint density at radius 2 is 1.93 bits per heavy atom. The Labute approximate surface area is 179 Å². The lowest BCUT2D eigenvalue weighted by molar-refractivity contribution is 0.0500. The first-order valence-corrected chi connectivity index (χ1v) is 14.0. The molecule has 1 aromatic carbocycles. The van der Waals surface area contributed by atoms with Crippen LogP contribution < -0.4 is 5.32 Å². The molecule has 1 fully saturated rings. The molecule has 1 aromatic rings. The molecular weight excluding hydrogens is 437 g/mol. The molecule has 0 bridgehead atoms. The van der Waals surface area contributed by atoms with Gasteiger partial charge in [0.2, 0.25) is 0 Å². The summed E-state index contributed by atoms with van der Waals surface area (Å²) in [6.07, 6.45) is 3.05. The van der Waals surface area contributed by atoms with Gasteiger partial charge in [0.05, 0.1) is 5.60 Å². The number of rotatable bonds is 7. The van der Waals surface area contributed by atoms with Crippen molar-refractivity contribution in [3.8, 4) is 0 Å². The highest BCUT2D eigenvalue weighted by Gasteiger charge is 2.50. The predicted octanol–water partition coefficient (Wildman–Crippen LogP) is 6.11. The van der Waals surface area contributed by atoms with Gasteiger partial charge in [0.25, 0.3) is 0 Å². The molecule has 1 aliphatic rings. The van der Waals surface area contributed by atoms with Crippen molar-refractivity contribution >= 4 is 24.2 Å². The molecule has 6 heteroatoms. The molecule has 0 radical (unpaired) electrons. The van der Waals surface area contributed by atoms with E-state index in [1.807, 2.05) is 6.07 Å². The van der Waals surface area contributed by atoms with Crippen molar-refractivity contribution in [3.63, 3.8) is 0 Å². The predicted molar refractivity (Wildman–Crippen MR) is 121 cm³/mol. The molecule has 0 amide bonds. The van der Waals surface area contributed by atoms with E-state index in [9.17, 15) is 9.50 Å². The maximum atomic E-state index is 14.9. The summed E-state index contributed by atoms with van der Waals surface area (Å²) in [5.74, 6) is -0.205. The maximum Gasteiger partial charge on any atom is 0.192 e. The fourth-order valence-electron chi connectivity index (χ4n) is 4.13. The lowest BCUT2D eigenvalue weighted by Gasteiger charge is -2.46. The first kappa shape index (κ1) is 24.0. The number of hydrogen-bond acceptors (Lipinski definition) is 3. The molecule has 160 valence electrons. The Morgan fingerprint density at radius 1 is 1.29 bits per heavy atom. The summed E-state index contributed by atoms with van der Waals surface area (Å²) in [4.78, 5) is 0. The highest BCUT2D eigenvalue weighted by molar-refractivity contribution is 9.10. The zero-order valence-corrected chi connectivity index (χ0v) is 21.0. The molecule has 1 heterocycles. The first-order valence-electron chi connectivity index (χ1n) is 10.3. The number of benzene rings is 1. The zero-order valence-electron chi connectivity index (χ0n) is 18.5. The molecule has 2 rings (SSSR count). The molecule has 1 aliphatic heterocycles. The number of aliphatic hydroxyl groups excluding tert-OH is 1. The minimum Gasteiger partial charge on any atom is -0.410 e. The van der Waals surface area contributed by atoms with Gasteiger partial charge in [-0.25, -0.2) is 4.39 Å². The van der Waals surface area contributed by atoms with Crippen molar-refractivity contribution in [3.05, 3.63) is 34.1 Å². The molecule has 0 aliphatic carbocycles. The molecule has 0 unspecified atom stereocenters. The van der Waals surface area contributed by atoms with Gasteiger partial charge >= 0.3 is 0 Å². The van der Waals surface area contributed by atoms with Gasteiger partial charge in [-0.05, 0) is 69.8 Å². The smallest absolute Gasteiger partial charge is 0.192 e. The van der Waals surface area contributed by atoms with Crippen LogP contribution in [0.5, 0.6) is 0 Å². The SMILES string of the molecule is CC(C)(O[Si](C)(C)C(C)(C)C)[C@H]1CC[C@@](CCCO)(c2c(F)cccc2Br)N1. The van der Waals surface area contributed by atoms with Gasteiger partial charge < -0.3 is 14.8 Å². The van der Waals surface area contributed by atoms with E-state index >= 15 is 0 Å². The summed E-state index contributed by atoms with van der Waals surface area (Å²) < 4.78 is 22.4. The molecule has 1 saturated heterocycles. The molecule has 28 heavy (non-hydrogen) atoms. The lowest BCUT2D eigenvalue weighted by atomic mass is 9.84. The van der Waals surface area contributed by atoms with Crippen molar-refractivity contribution in [2.75, 3.05) is 6.61 Å². The van der Waals surface area contributed by atoms with Crippen molar-refractivity contribution < 1.29 is 13.9 Å². The first-order chi connectivity index (χ1) is 12.8. The van der Waals surface area contributed by atoms with E-state index in [0.717, 1.165) is 17.3 Å². The third kappa shape index (κ3) is 4.89. The topological polar surface area (TPSA) is 41.5 Å². The van der Waals surface area contributed by atoms with Crippen molar-refractivity contribution in [2.45, 2.75) is 95.6 Å².